The van der Waals surface area contributed by atoms with Crippen molar-refractivity contribution in [1.82, 2.24) is 4.98 Å². The van der Waals surface area contributed by atoms with Gasteiger partial charge in [-0.2, -0.15) is 0 Å². The molecule has 4 aromatic rings. The fourth-order valence-corrected chi connectivity index (χ4v) is 4.07. The van der Waals surface area contributed by atoms with Gasteiger partial charge >= 0.3 is 0 Å². The van der Waals surface area contributed by atoms with Crippen LogP contribution in [0.25, 0.3) is 26.9 Å². The van der Waals surface area contributed by atoms with Gasteiger partial charge in [0, 0.05) is 23.3 Å². The van der Waals surface area contributed by atoms with E-state index >= 15 is 0 Å². The van der Waals surface area contributed by atoms with Crippen molar-refractivity contribution in [1.29, 1.82) is 0 Å². The number of hydrogen-bond donors (Lipinski definition) is 1. The number of benzene rings is 3. The lowest BCUT2D eigenvalue weighted by Gasteiger charge is -2.08. The average Bonchev–Trinajstić information content (AvgIpc) is 3.22. The molecule has 0 atom stereocenters. The number of nitrogens with one attached hydrogen (secondary N) is 1. The van der Waals surface area contributed by atoms with Crippen molar-refractivity contribution in [3.05, 3.63) is 78.4 Å². The normalized spacial score (nSPS) is 11.0. The number of carbonyl (C=O) groups excluding carboxylic acids is 1. The molecule has 0 aliphatic carbocycles. The quantitative estimate of drug-likeness (QED) is 0.414. The standard InChI is InChI=1S/C24H20N2O3S/c1-28-17-13-11-16(21(15-17)29-2)12-14-23(27)25-19-8-4-3-7-18(19)24-26-20-9-5-6-10-22(20)30-24/h3-15H,1-2H3,(H,25,27)/b14-12+. The predicted molar refractivity (Wildman–Crippen MR) is 122 cm³/mol. The van der Waals surface area contributed by atoms with Crippen molar-refractivity contribution < 1.29 is 14.3 Å². The van der Waals surface area contributed by atoms with Crippen molar-refractivity contribution >= 4 is 39.2 Å². The Morgan fingerprint density at radius 1 is 1.00 bits per heavy atom. The van der Waals surface area contributed by atoms with Gasteiger partial charge < -0.3 is 14.8 Å². The fraction of sp³-hybridized carbons (Fsp3) is 0.0833. The zero-order valence-electron chi connectivity index (χ0n) is 16.6. The average molecular weight is 417 g/mol. The van der Waals surface area contributed by atoms with E-state index in [0.29, 0.717) is 17.2 Å². The summed E-state index contributed by atoms with van der Waals surface area (Å²) >= 11 is 1.60. The number of thiazole rings is 1. The van der Waals surface area contributed by atoms with Gasteiger partial charge in [0.15, 0.2) is 0 Å². The third kappa shape index (κ3) is 4.18. The third-order valence-electron chi connectivity index (χ3n) is 4.56. The van der Waals surface area contributed by atoms with E-state index in [1.807, 2.05) is 60.7 Å². The van der Waals surface area contributed by atoms with Gasteiger partial charge in [-0.05, 0) is 42.5 Å². The minimum absolute atomic E-state index is 0.235. The molecule has 1 amide bonds. The molecule has 0 fully saturated rings. The topological polar surface area (TPSA) is 60.5 Å². The molecule has 4 rings (SSSR count). The summed E-state index contributed by atoms with van der Waals surface area (Å²) in [6.45, 7) is 0. The van der Waals surface area contributed by atoms with E-state index in [1.54, 1.807) is 37.7 Å². The summed E-state index contributed by atoms with van der Waals surface area (Å²) in [4.78, 5) is 17.3. The molecule has 0 saturated heterocycles. The number of fused-ring (bicyclic) bond motifs is 1. The molecule has 1 aromatic heterocycles. The number of ether oxygens (including phenoxy) is 2. The van der Waals surface area contributed by atoms with E-state index in [4.69, 9.17) is 14.5 Å². The molecule has 0 saturated carbocycles. The molecule has 30 heavy (non-hydrogen) atoms. The van der Waals surface area contributed by atoms with Crippen molar-refractivity contribution in [2.45, 2.75) is 0 Å². The molecular formula is C24H20N2O3S. The summed E-state index contributed by atoms with van der Waals surface area (Å²) in [5.41, 5.74) is 3.34. The Morgan fingerprint density at radius 2 is 1.80 bits per heavy atom. The highest BCUT2D eigenvalue weighted by Gasteiger charge is 2.11. The number of anilines is 1. The Hall–Kier alpha value is -3.64. The van der Waals surface area contributed by atoms with Gasteiger partial charge in [0.05, 0.1) is 30.1 Å². The van der Waals surface area contributed by atoms with Crippen molar-refractivity contribution in [3.63, 3.8) is 0 Å². The van der Waals surface area contributed by atoms with Crippen molar-refractivity contribution in [3.8, 4) is 22.1 Å². The zero-order chi connectivity index (χ0) is 20.9. The summed E-state index contributed by atoms with van der Waals surface area (Å²) in [6.07, 6.45) is 3.20. The summed E-state index contributed by atoms with van der Waals surface area (Å²) in [7, 11) is 3.18. The van der Waals surface area contributed by atoms with Gasteiger partial charge in [0.25, 0.3) is 0 Å². The van der Waals surface area contributed by atoms with Crippen LogP contribution in [0.2, 0.25) is 0 Å². The SMILES string of the molecule is COc1ccc(/C=C/C(=O)Nc2ccccc2-c2nc3ccccc3s2)c(OC)c1. The monoisotopic (exact) mass is 416 g/mol. The van der Waals surface area contributed by atoms with Gasteiger partial charge in [-0.3, -0.25) is 4.79 Å². The summed E-state index contributed by atoms with van der Waals surface area (Å²) in [5, 5.41) is 3.83. The first kappa shape index (κ1) is 19.7. The van der Waals surface area contributed by atoms with E-state index < -0.39 is 0 Å². The van der Waals surface area contributed by atoms with Gasteiger partial charge in [0.2, 0.25) is 5.91 Å². The number of aromatic nitrogens is 1. The van der Waals surface area contributed by atoms with Crippen LogP contribution in [0.4, 0.5) is 5.69 Å². The number of carbonyl (C=O) groups is 1. The number of methoxy groups -OCH3 is 2. The zero-order valence-corrected chi connectivity index (χ0v) is 17.4. The summed E-state index contributed by atoms with van der Waals surface area (Å²) in [6, 6.07) is 21.1. The highest BCUT2D eigenvalue weighted by molar-refractivity contribution is 7.21. The van der Waals surface area contributed by atoms with Gasteiger partial charge in [-0.15, -0.1) is 11.3 Å². The second-order valence-electron chi connectivity index (χ2n) is 6.46. The van der Waals surface area contributed by atoms with E-state index in [0.717, 1.165) is 26.4 Å². The Kier molecular flexibility index (Phi) is 5.77. The van der Waals surface area contributed by atoms with Crippen LogP contribution in [-0.4, -0.2) is 25.1 Å². The number of nitrogens with zero attached hydrogens (tertiary/aromatic N) is 1. The first-order valence-electron chi connectivity index (χ1n) is 9.34. The molecule has 0 spiro atoms. The van der Waals surface area contributed by atoms with E-state index in [1.165, 1.54) is 6.08 Å². The smallest absolute Gasteiger partial charge is 0.248 e. The number of rotatable bonds is 6. The van der Waals surface area contributed by atoms with E-state index in [9.17, 15) is 4.79 Å². The maximum atomic E-state index is 12.6. The minimum atomic E-state index is -0.235. The van der Waals surface area contributed by atoms with Crippen molar-refractivity contribution in [2.75, 3.05) is 19.5 Å². The lowest BCUT2D eigenvalue weighted by molar-refractivity contribution is -0.111. The lowest BCUT2D eigenvalue weighted by atomic mass is 10.1. The lowest BCUT2D eigenvalue weighted by Crippen LogP contribution is -2.08. The Bertz CT molecular complexity index is 1200. The molecule has 6 heteroatoms. The molecule has 150 valence electrons. The molecule has 1 N–H and O–H groups in total. The summed E-state index contributed by atoms with van der Waals surface area (Å²) < 4.78 is 11.7. The number of amides is 1. The predicted octanol–water partition coefficient (Wildman–Crippen LogP) is 5.63. The third-order valence-corrected chi connectivity index (χ3v) is 5.63. The van der Waals surface area contributed by atoms with Crippen LogP contribution in [0.15, 0.2) is 72.8 Å². The minimum Gasteiger partial charge on any atom is -0.497 e. The highest BCUT2D eigenvalue weighted by atomic mass is 32.1. The van der Waals surface area contributed by atoms with Crippen LogP contribution < -0.4 is 14.8 Å². The van der Waals surface area contributed by atoms with Crippen LogP contribution >= 0.6 is 11.3 Å². The molecule has 0 bridgehead atoms. The Labute approximate surface area is 178 Å². The molecule has 0 aliphatic heterocycles. The second-order valence-corrected chi connectivity index (χ2v) is 7.49. The maximum absolute atomic E-state index is 12.6. The van der Waals surface area contributed by atoms with Crippen LogP contribution in [0.5, 0.6) is 11.5 Å². The van der Waals surface area contributed by atoms with Crippen LogP contribution in [0, 0.1) is 0 Å². The van der Waals surface area contributed by atoms with Gasteiger partial charge in [-0.1, -0.05) is 24.3 Å². The largest absolute Gasteiger partial charge is 0.497 e. The first-order chi connectivity index (χ1) is 14.7. The molecule has 1 heterocycles. The molecule has 0 unspecified atom stereocenters. The van der Waals surface area contributed by atoms with Crippen LogP contribution in [0.3, 0.4) is 0 Å². The molecule has 5 nitrogen and oxygen atoms in total. The fourth-order valence-electron chi connectivity index (χ4n) is 3.06. The first-order valence-corrected chi connectivity index (χ1v) is 10.2. The maximum Gasteiger partial charge on any atom is 0.248 e. The van der Waals surface area contributed by atoms with Crippen LogP contribution in [-0.2, 0) is 4.79 Å². The van der Waals surface area contributed by atoms with Crippen molar-refractivity contribution in [2.24, 2.45) is 0 Å². The molecule has 3 aromatic carbocycles. The second kappa shape index (κ2) is 8.80. The molecule has 0 radical (unpaired) electrons. The van der Waals surface area contributed by atoms with Gasteiger partial charge in [0.1, 0.15) is 16.5 Å². The Balaban J connectivity index is 1.56. The molecule has 0 aliphatic rings. The molecular weight excluding hydrogens is 396 g/mol. The van der Waals surface area contributed by atoms with E-state index in [2.05, 4.69) is 5.32 Å². The summed E-state index contributed by atoms with van der Waals surface area (Å²) in [5.74, 6) is 1.09. The van der Waals surface area contributed by atoms with E-state index in [-0.39, 0.29) is 5.91 Å². The number of hydrogen-bond acceptors (Lipinski definition) is 5. The highest BCUT2D eigenvalue weighted by Crippen LogP contribution is 2.34. The van der Waals surface area contributed by atoms with Crippen LogP contribution in [0.1, 0.15) is 5.56 Å². The Morgan fingerprint density at radius 3 is 2.60 bits per heavy atom. The number of para-hydroxylation sites is 2. The van der Waals surface area contributed by atoms with Gasteiger partial charge in [-0.25, -0.2) is 4.98 Å².